The summed E-state index contributed by atoms with van der Waals surface area (Å²) in [5.74, 6) is 0.0614. The van der Waals surface area contributed by atoms with Gasteiger partial charge in [-0.05, 0) is 37.6 Å². The lowest BCUT2D eigenvalue weighted by molar-refractivity contribution is -0.401. The SMILES string of the molecule is C=CC(=O)Oc1ccc(/C=C/C2=[N+](C)c3ccccc3C2(C)C)cc1. The van der Waals surface area contributed by atoms with Crippen LogP contribution in [0.3, 0.4) is 0 Å². The van der Waals surface area contributed by atoms with Crippen LogP contribution in [0.25, 0.3) is 6.08 Å². The molecule has 2 aromatic carbocycles. The van der Waals surface area contributed by atoms with Gasteiger partial charge in [0.05, 0.1) is 5.41 Å². The third-order valence-corrected chi connectivity index (χ3v) is 4.64. The zero-order valence-electron chi connectivity index (χ0n) is 14.8. The number of benzene rings is 2. The molecule has 3 heteroatoms. The van der Waals surface area contributed by atoms with E-state index < -0.39 is 5.97 Å². The number of para-hydroxylation sites is 1. The summed E-state index contributed by atoms with van der Waals surface area (Å²) in [6.07, 6.45) is 5.39. The first-order valence-electron chi connectivity index (χ1n) is 8.26. The third kappa shape index (κ3) is 3.18. The standard InChI is InChI=1S/C22H22NO2/c1-5-21(24)25-17-13-10-16(11-14-17)12-15-20-22(2,3)18-8-6-7-9-19(18)23(20)4/h5-15H,1H2,2-4H3/q+1/b15-12+. The van der Waals surface area contributed by atoms with E-state index in [9.17, 15) is 4.79 Å². The molecule has 3 nitrogen and oxygen atoms in total. The number of carbonyl (C=O) groups excluding carboxylic acids is 1. The molecular weight excluding hydrogens is 310 g/mol. The van der Waals surface area contributed by atoms with Crippen molar-refractivity contribution >= 4 is 23.4 Å². The lowest BCUT2D eigenvalue weighted by atomic mass is 9.81. The molecule has 0 aromatic heterocycles. The lowest BCUT2D eigenvalue weighted by Gasteiger charge is -2.15. The molecule has 0 amide bonds. The van der Waals surface area contributed by atoms with E-state index in [0.717, 1.165) is 11.6 Å². The van der Waals surface area contributed by atoms with Crippen LogP contribution in [-0.4, -0.2) is 23.3 Å². The van der Waals surface area contributed by atoms with E-state index in [1.807, 2.05) is 12.1 Å². The molecule has 0 aliphatic carbocycles. The van der Waals surface area contributed by atoms with Crippen LogP contribution >= 0.6 is 0 Å². The van der Waals surface area contributed by atoms with Crippen LogP contribution in [0.5, 0.6) is 5.75 Å². The van der Waals surface area contributed by atoms with Gasteiger partial charge in [-0.1, -0.05) is 36.9 Å². The molecule has 0 N–H and O–H groups in total. The Labute approximate surface area is 148 Å². The molecule has 0 radical (unpaired) electrons. The Hall–Kier alpha value is -2.94. The first kappa shape index (κ1) is 16.9. The molecule has 0 atom stereocenters. The van der Waals surface area contributed by atoms with Crippen LogP contribution < -0.4 is 4.74 Å². The van der Waals surface area contributed by atoms with E-state index in [4.69, 9.17) is 4.74 Å². The molecule has 0 fully saturated rings. The maximum Gasteiger partial charge on any atom is 0.335 e. The number of carbonyl (C=O) groups is 1. The van der Waals surface area contributed by atoms with Gasteiger partial charge in [0.1, 0.15) is 12.8 Å². The van der Waals surface area contributed by atoms with E-state index in [-0.39, 0.29) is 5.41 Å². The smallest absolute Gasteiger partial charge is 0.335 e. The lowest BCUT2D eigenvalue weighted by Crippen LogP contribution is -2.26. The molecule has 1 aliphatic rings. The Morgan fingerprint density at radius 3 is 2.40 bits per heavy atom. The Morgan fingerprint density at radius 2 is 1.76 bits per heavy atom. The second-order valence-corrected chi connectivity index (χ2v) is 6.61. The maximum atomic E-state index is 11.2. The summed E-state index contributed by atoms with van der Waals surface area (Å²) >= 11 is 0. The normalized spacial score (nSPS) is 15.3. The number of nitrogens with zero attached hydrogens (tertiary/aromatic N) is 1. The highest BCUT2D eigenvalue weighted by atomic mass is 16.5. The van der Waals surface area contributed by atoms with Crippen LogP contribution in [0.2, 0.25) is 0 Å². The van der Waals surface area contributed by atoms with Crippen LogP contribution in [0, 0.1) is 0 Å². The van der Waals surface area contributed by atoms with Crippen molar-refractivity contribution < 1.29 is 14.1 Å². The van der Waals surface area contributed by atoms with Crippen molar-refractivity contribution in [2.45, 2.75) is 19.3 Å². The van der Waals surface area contributed by atoms with Crippen molar-refractivity contribution in [3.05, 3.63) is 78.4 Å². The first-order valence-corrected chi connectivity index (χ1v) is 8.26. The van der Waals surface area contributed by atoms with Gasteiger partial charge in [-0.15, -0.1) is 0 Å². The predicted molar refractivity (Wildman–Crippen MR) is 102 cm³/mol. The fraction of sp³-hybridized carbons (Fsp3) is 0.182. The molecule has 2 aromatic rings. The Bertz CT molecular complexity index is 886. The van der Waals surface area contributed by atoms with E-state index >= 15 is 0 Å². The van der Waals surface area contributed by atoms with E-state index in [0.29, 0.717) is 5.75 Å². The predicted octanol–water partition coefficient (Wildman–Crippen LogP) is 4.50. The number of rotatable bonds is 4. The van der Waals surface area contributed by atoms with Crippen LogP contribution in [-0.2, 0) is 10.2 Å². The van der Waals surface area contributed by atoms with Gasteiger partial charge < -0.3 is 4.74 Å². The van der Waals surface area contributed by atoms with Crippen molar-refractivity contribution in [1.29, 1.82) is 0 Å². The fourth-order valence-corrected chi connectivity index (χ4v) is 3.28. The van der Waals surface area contributed by atoms with Gasteiger partial charge in [-0.2, -0.15) is 4.58 Å². The van der Waals surface area contributed by atoms with Crippen molar-refractivity contribution in [2.24, 2.45) is 0 Å². The second kappa shape index (κ2) is 6.52. The van der Waals surface area contributed by atoms with E-state index in [2.05, 4.69) is 68.5 Å². The summed E-state index contributed by atoms with van der Waals surface area (Å²) in [6, 6.07) is 15.9. The summed E-state index contributed by atoms with van der Waals surface area (Å²) in [5, 5.41) is 0. The van der Waals surface area contributed by atoms with Crippen LogP contribution in [0.1, 0.15) is 25.0 Å². The Balaban J connectivity index is 1.84. The van der Waals surface area contributed by atoms with Crippen molar-refractivity contribution in [3.8, 4) is 5.75 Å². The van der Waals surface area contributed by atoms with Gasteiger partial charge in [0.25, 0.3) is 0 Å². The van der Waals surface area contributed by atoms with Crippen molar-refractivity contribution in [3.63, 3.8) is 0 Å². The average molecular weight is 332 g/mol. The third-order valence-electron chi connectivity index (χ3n) is 4.64. The molecule has 0 unspecified atom stereocenters. The van der Waals surface area contributed by atoms with Crippen molar-refractivity contribution in [1.82, 2.24) is 0 Å². The molecule has 0 bridgehead atoms. The molecule has 25 heavy (non-hydrogen) atoms. The van der Waals surface area contributed by atoms with Gasteiger partial charge in [0.2, 0.25) is 5.69 Å². The molecule has 0 spiro atoms. The summed E-state index contributed by atoms with van der Waals surface area (Å²) in [4.78, 5) is 11.2. The summed E-state index contributed by atoms with van der Waals surface area (Å²) in [6.45, 7) is 7.88. The molecule has 3 rings (SSSR count). The Kier molecular flexibility index (Phi) is 4.41. The minimum Gasteiger partial charge on any atom is -0.423 e. The zero-order valence-corrected chi connectivity index (χ0v) is 14.8. The summed E-state index contributed by atoms with van der Waals surface area (Å²) in [5.41, 5.74) is 4.84. The fourth-order valence-electron chi connectivity index (χ4n) is 3.28. The number of allylic oxidation sites excluding steroid dienone is 1. The van der Waals surface area contributed by atoms with E-state index in [1.54, 1.807) is 12.1 Å². The molecule has 1 heterocycles. The monoisotopic (exact) mass is 332 g/mol. The van der Waals surface area contributed by atoms with Crippen LogP contribution in [0.4, 0.5) is 5.69 Å². The molecule has 126 valence electrons. The maximum absolute atomic E-state index is 11.2. The van der Waals surface area contributed by atoms with E-state index in [1.165, 1.54) is 17.0 Å². The number of esters is 1. The van der Waals surface area contributed by atoms with Gasteiger partial charge in [0.15, 0.2) is 5.71 Å². The number of hydrogen-bond donors (Lipinski definition) is 0. The Morgan fingerprint density at radius 1 is 1.08 bits per heavy atom. The molecule has 0 saturated carbocycles. The minimum atomic E-state index is -0.453. The topological polar surface area (TPSA) is 29.3 Å². The van der Waals surface area contributed by atoms with Gasteiger partial charge in [0, 0.05) is 23.8 Å². The quantitative estimate of drug-likeness (QED) is 0.357. The zero-order chi connectivity index (χ0) is 18.0. The highest BCUT2D eigenvalue weighted by Crippen LogP contribution is 2.39. The first-order chi connectivity index (χ1) is 11.9. The second-order valence-electron chi connectivity index (χ2n) is 6.61. The van der Waals surface area contributed by atoms with Crippen LogP contribution in [0.15, 0.2) is 67.3 Å². The van der Waals surface area contributed by atoms with Crippen molar-refractivity contribution in [2.75, 3.05) is 7.05 Å². The summed E-state index contributed by atoms with van der Waals surface area (Å²) in [7, 11) is 2.10. The molecule has 0 saturated heterocycles. The number of fused-ring (bicyclic) bond motifs is 1. The number of ether oxygens (including phenoxy) is 1. The largest absolute Gasteiger partial charge is 0.423 e. The molecule has 1 aliphatic heterocycles. The highest BCUT2D eigenvalue weighted by molar-refractivity contribution is 6.05. The van der Waals surface area contributed by atoms with Gasteiger partial charge >= 0.3 is 5.97 Å². The number of hydrogen-bond acceptors (Lipinski definition) is 2. The van der Waals surface area contributed by atoms with Gasteiger partial charge in [-0.25, -0.2) is 4.79 Å². The minimum absolute atomic E-state index is 0.0404. The average Bonchev–Trinajstić information content (AvgIpc) is 2.81. The highest BCUT2D eigenvalue weighted by Gasteiger charge is 2.42. The molecular formula is C22H22NO2+. The van der Waals surface area contributed by atoms with Gasteiger partial charge in [-0.3, -0.25) is 0 Å². The summed E-state index contributed by atoms with van der Waals surface area (Å²) < 4.78 is 7.34.